The van der Waals surface area contributed by atoms with Gasteiger partial charge in [0, 0.05) is 23.0 Å². The molecule has 3 aromatic rings. The monoisotopic (exact) mass is 528 g/mol. The van der Waals surface area contributed by atoms with Crippen molar-refractivity contribution in [2.75, 3.05) is 17.7 Å². The second kappa shape index (κ2) is 11.2. The van der Waals surface area contributed by atoms with E-state index in [1.165, 1.54) is 23.1 Å². The van der Waals surface area contributed by atoms with Gasteiger partial charge in [-0.2, -0.15) is 0 Å². The van der Waals surface area contributed by atoms with Crippen LogP contribution in [0.2, 0.25) is 10.0 Å². The van der Waals surface area contributed by atoms with E-state index in [0.29, 0.717) is 37.3 Å². The molecule has 3 rings (SSSR count). The highest BCUT2D eigenvalue weighted by atomic mass is 35.5. The van der Waals surface area contributed by atoms with Crippen LogP contribution < -0.4 is 10.1 Å². The molecule has 0 atom stereocenters. The molecule has 12 heteroatoms. The molecule has 2 aromatic heterocycles. The lowest BCUT2D eigenvalue weighted by atomic mass is 10.1. The van der Waals surface area contributed by atoms with Crippen molar-refractivity contribution in [1.29, 1.82) is 0 Å². The van der Waals surface area contributed by atoms with Crippen molar-refractivity contribution in [2.45, 2.75) is 32.5 Å². The predicted octanol–water partition coefficient (Wildman–Crippen LogP) is 5.29. The zero-order valence-electron chi connectivity index (χ0n) is 18.4. The topological polar surface area (TPSA) is 95.3 Å². The molecule has 0 fully saturated rings. The van der Waals surface area contributed by atoms with Crippen LogP contribution in [0.3, 0.4) is 0 Å². The van der Waals surface area contributed by atoms with Crippen molar-refractivity contribution in [1.82, 2.24) is 14.8 Å². The third-order valence-electron chi connectivity index (χ3n) is 4.63. The summed E-state index contributed by atoms with van der Waals surface area (Å²) in [6, 6.07) is 4.95. The zero-order chi connectivity index (χ0) is 24.1. The van der Waals surface area contributed by atoms with Crippen LogP contribution in [0.4, 0.5) is 5.00 Å². The summed E-state index contributed by atoms with van der Waals surface area (Å²) in [6.07, 6.45) is 0. The number of hydrogen-bond donors (Lipinski definition) is 1. The highest BCUT2D eigenvalue weighted by Gasteiger charge is 2.22. The summed E-state index contributed by atoms with van der Waals surface area (Å²) < 4.78 is 12.6. The fraction of sp³-hybridized carbons (Fsp3) is 0.333. The Labute approximate surface area is 209 Å². The first kappa shape index (κ1) is 25.4. The molecule has 0 aliphatic rings. The summed E-state index contributed by atoms with van der Waals surface area (Å²) >= 11 is 14.7. The van der Waals surface area contributed by atoms with Crippen LogP contribution in [0, 0.1) is 13.8 Å². The second-order valence-electron chi connectivity index (χ2n) is 6.87. The number of hydrogen-bond acceptors (Lipinski definition) is 8. The minimum absolute atomic E-state index is 0.0885. The van der Waals surface area contributed by atoms with Gasteiger partial charge in [0.2, 0.25) is 5.91 Å². The lowest BCUT2D eigenvalue weighted by Gasteiger charge is -2.09. The summed E-state index contributed by atoms with van der Waals surface area (Å²) in [7, 11) is 1.78. The number of anilines is 1. The summed E-state index contributed by atoms with van der Waals surface area (Å²) in [4.78, 5) is 25.8. The summed E-state index contributed by atoms with van der Waals surface area (Å²) in [5, 5.41) is 13.0. The predicted molar refractivity (Wildman–Crippen MR) is 131 cm³/mol. The van der Waals surface area contributed by atoms with Crippen molar-refractivity contribution < 1.29 is 19.1 Å². The maximum atomic E-state index is 12.6. The fourth-order valence-corrected chi connectivity index (χ4v) is 4.91. The Hall–Kier alpha value is -2.27. The van der Waals surface area contributed by atoms with Gasteiger partial charge < -0.3 is 19.4 Å². The Bertz CT molecular complexity index is 1180. The molecule has 0 spiro atoms. The SMILES string of the molecule is CCOC(=O)c1c(NC(=O)CSc2nnc(COc3cc(Cl)ccc3Cl)n2C)sc(C)c1C. The number of nitrogens with zero attached hydrogens (tertiary/aromatic N) is 3. The van der Waals surface area contributed by atoms with Crippen molar-refractivity contribution in [3.8, 4) is 5.75 Å². The van der Waals surface area contributed by atoms with Crippen LogP contribution in [-0.2, 0) is 23.2 Å². The molecule has 0 saturated carbocycles. The van der Waals surface area contributed by atoms with Gasteiger partial charge in [0.1, 0.15) is 17.4 Å². The molecule has 8 nitrogen and oxygen atoms in total. The Kier molecular flexibility index (Phi) is 8.63. The molecule has 0 unspecified atom stereocenters. The highest BCUT2D eigenvalue weighted by molar-refractivity contribution is 7.99. The van der Waals surface area contributed by atoms with Crippen LogP contribution in [-0.4, -0.2) is 39.0 Å². The van der Waals surface area contributed by atoms with Gasteiger partial charge in [-0.1, -0.05) is 35.0 Å². The first-order chi connectivity index (χ1) is 15.7. The van der Waals surface area contributed by atoms with Gasteiger partial charge in [-0.15, -0.1) is 21.5 Å². The Balaban J connectivity index is 1.60. The summed E-state index contributed by atoms with van der Waals surface area (Å²) in [5.74, 6) is 0.381. The van der Waals surface area contributed by atoms with Gasteiger partial charge in [0.25, 0.3) is 0 Å². The number of nitrogens with one attached hydrogen (secondary N) is 1. The second-order valence-corrected chi connectivity index (χ2v) is 9.88. The van der Waals surface area contributed by atoms with E-state index < -0.39 is 5.97 Å². The number of thioether (sulfide) groups is 1. The Morgan fingerprint density at radius 2 is 2.00 bits per heavy atom. The van der Waals surface area contributed by atoms with E-state index in [4.69, 9.17) is 32.7 Å². The molecule has 1 amide bonds. The lowest BCUT2D eigenvalue weighted by molar-refractivity contribution is -0.113. The number of carbonyl (C=O) groups excluding carboxylic acids is 2. The van der Waals surface area contributed by atoms with Gasteiger partial charge in [0.05, 0.1) is 22.9 Å². The molecule has 0 bridgehead atoms. The van der Waals surface area contributed by atoms with E-state index in [1.54, 1.807) is 36.7 Å². The summed E-state index contributed by atoms with van der Waals surface area (Å²) in [5.41, 5.74) is 1.20. The molecule has 0 saturated heterocycles. The number of thiophene rings is 1. The van der Waals surface area contributed by atoms with Crippen LogP contribution >= 0.6 is 46.3 Å². The minimum atomic E-state index is -0.444. The van der Waals surface area contributed by atoms with E-state index in [1.807, 2.05) is 13.8 Å². The third kappa shape index (κ3) is 6.20. The quantitative estimate of drug-likeness (QED) is 0.297. The third-order valence-corrected chi connectivity index (χ3v) is 7.32. The number of benzene rings is 1. The number of rotatable bonds is 9. The average molecular weight is 529 g/mol. The number of esters is 1. The van der Waals surface area contributed by atoms with Crippen LogP contribution in [0.5, 0.6) is 5.75 Å². The standard InChI is InChI=1S/C21H22Cl2N4O4S2/c1-5-30-20(29)18-11(2)12(3)33-19(18)24-17(28)10-32-21-26-25-16(27(21)4)9-31-15-8-13(22)6-7-14(15)23/h6-8H,5,9-10H2,1-4H3,(H,24,28). The normalized spacial score (nSPS) is 10.8. The average Bonchev–Trinajstić information content (AvgIpc) is 3.25. The molecule has 1 N–H and O–H groups in total. The molecule has 0 aliphatic heterocycles. The molecule has 2 heterocycles. The van der Waals surface area contributed by atoms with E-state index in [9.17, 15) is 9.59 Å². The number of halogens is 2. The maximum absolute atomic E-state index is 12.6. The van der Waals surface area contributed by atoms with E-state index in [0.717, 1.165) is 10.4 Å². The van der Waals surface area contributed by atoms with E-state index >= 15 is 0 Å². The largest absolute Gasteiger partial charge is 0.484 e. The fourth-order valence-electron chi connectivity index (χ4n) is 2.78. The van der Waals surface area contributed by atoms with Crippen LogP contribution in [0.15, 0.2) is 23.4 Å². The van der Waals surface area contributed by atoms with Gasteiger partial charge in [-0.3, -0.25) is 4.79 Å². The van der Waals surface area contributed by atoms with Gasteiger partial charge in [0.15, 0.2) is 11.0 Å². The van der Waals surface area contributed by atoms with Crippen molar-refractivity contribution in [3.63, 3.8) is 0 Å². The van der Waals surface area contributed by atoms with E-state index in [2.05, 4.69) is 15.5 Å². The minimum Gasteiger partial charge on any atom is -0.484 e. The summed E-state index contributed by atoms with van der Waals surface area (Å²) in [6.45, 7) is 5.87. The smallest absolute Gasteiger partial charge is 0.341 e. The number of ether oxygens (including phenoxy) is 2. The highest BCUT2D eigenvalue weighted by Crippen LogP contribution is 2.33. The van der Waals surface area contributed by atoms with Gasteiger partial charge in [-0.05, 0) is 38.5 Å². The van der Waals surface area contributed by atoms with Crippen molar-refractivity contribution >= 4 is 63.2 Å². The molecular weight excluding hydrogens is 507 g/mol. The zero-order valence-corrected chi connectivity index (χ0v) is 21.5. The Morgan fingerprint density at radius 3 is 2.73 bits per heavy atom. The van der Waals surface area contributed by atoms with Gasteiger partial charge in [-0.25, -0.2) is 4.79 Å². The molecule has 176 valence electrons. The van der Waals surface area contributed by atoms with Crippen LogP contribution in [0.25, 0.3) is 0 Å². The molecule has 33 heavy (non-hydrogen) atoms. The van der Waals surface area contributed by atoms with Crippen molar-refractivity contribution in [2.24, 2.45) is 7.05 Å². The molecule has 0 aliphatic carbocycles. The maximum Gasteiger partial charge on any atom is 0.341 e. The molecule has 1 aromatic carbocycles. The van der Waals surface area contributed by atoms with Crippen LogP contribution in [0.1, 0.15) is 33.5 Å². The number of amides is 1. The van der Waals surface area contributed by atoms with E-state index in [-0.39, 0.29) is 24.9 Å². The number of aromatic nitrogens is 3. The number of carbonyl (C=O) groups is 2. The first-order valence-corrected chi connectivity index (χ1v) is 12.4. The lowest BCUT2D eigenvalue weighted by Crippen LogP contribution is -2.16. The molecular formula is C21H22Cl2N4O4S2. The molecule has 0 radical (unpaired) electrons. The Morgan fingerprint density at radius 1 is 1.24 bits per heavy atom. The van der Waals surface area contributed by atoms with Crippen molar-refractivity contribution in [3.05, 3.63) is 50.1 Å². The number of aryl methyl sites for hydroxylation is 1. The van der Waals surface area contributed by atoms with Gasteiger partial charge >= 0.3 is 5.97 Å². The first-order valence-electron chi connectivity index (χ1n) is 9.87.